The molecule has 1 aromatic carbocycles. The van der Waals surface area contributed by atoms with Crippen LogP contribution in [0.25, 0.3) is 0 Å². The SMILES string of the molecule is Cc1ccc(N(C)c2cnc(C(=O)O)cn2)c(C)c1. The Morgan fingerprint density at radius 3 is 2.47 bits per heavy atom. The van der Waals surface area contributed by atoms with Gasteiger partial charge in [0.25, 0.3) is 0 Å². The Morgan fingerprint density at radius 1 is 1.21 bits per heavy atom. The van der Waals surface area contributed by atoms with Crippen molar-refractivity contribution in [1.29, 1.82) is 0 Å². The average Bonchev–Trinajstić information content (AvgIpc) is 2.38. The molecule has 0 radical (unpaired) electrons. The van der Waals surface area contributed by atoms with E-state index in [1.807, 2.05) is 37.9 Å². The Labute approximate surface area is 111 Å². The molecule has 0 unspecified atom stereocenters. The zero-order valence-corrected chi connectivity index (χ0v) is 11.1. The van der Waals surface area contributed by atoms with Crippen molar-refractivity contribution in [1.82, 2.24) is 9.97 Å². The van der Waals surface area contributed by atoms with Crippen LogP contribution >= 0.6 is 0 Å². The summed E-state index contributed by atoms with van der Waals surface area (Å²) in [6.07, 6.45) is 2.72. The molecular weight excluding hydrogens is 242 g/mol. The first-order valence-electron chi connectivity index (χ1n) is 5.85. The van der Waals surface area contributed by atoms with E-state index in [0.29, 0.717) is 5.82 Å². The van der Waals surface area contributed by atoms with Crippen molar-refractivity contribution in [2.75, 3.05) is 11.9 Å². The highest BCUT2D eigenvalue weighted by molar-refractivity contribution is 5.85. The number of carboxylic acid groups (broad SMARTS) is 1. The van der Waals surface area contributed by atoms with Gasteiger partial charge in [0.2, 0.25) is 0 Å². The third kappa shape index (κ3) is 2.70. The molecule has 0 amide bonds. The fourth-order valence-corrected chi connectivity index (χ4v) is 1.91. The van der Waals surface area contributed by atoms with Crippen LogP contribution in [0, 0.1) is 13.8 Å². The fourth-order valence-electron chi connectivity index (χ4n) is 1.91. The lowest BCUT2D eigenvalue weighted by Gasteiger charge is -2.20. The lowest BCUT2D eigenvalue weighted by Crippen LogP contribution is -2.14. The second kappa shape index (κ2) is 5.06. The predicted molar refractivity (Wildman–Crippen MR) is 73.0 cm³/mol. The molecule has 1 aromatic heterocycles. The van der Waals surface area contributed by atoms with Crippen LogP contribution in [0.1, 0.15) is 21.6 Å². The average molecular weight is 257 g/mol. The fraction of sp³-hybridized carbons (Fsp3) is 0.214. The summed E-state index contributed by atoms with van der Waals surface area (Å²) in [7, 11) is 1.88. The number of aromatic nitrogens is 2. The second-order valence-electron chi connectivity index (χ2n) is 4.41. The van der Waals surface area contributed by atoms with Crippen LogP contribution in [-0.2, 0) is 0 Å². The summed E-state index contributed by atoms with van der Waals surface area (Å²) in [6.45, 7) is 4.07. The van der Waals surface area contributed by atoms with E-state index in [1.165, 1.54) is 18.0 Å². The van der Waals surface area contributed by atoms with Crippen molar-refractivity contribution < 1.29 is 9.90 Å². The third-order valence-corrected chi connectivity index (χ3v) is 2.91. The Bertz CT molecular complexity index is 609. The molecule has 5 nitrogen and oxygen atoms in total. The summed E-state index contributed by atoms with van der Waals surface area (Å²) in [5, 5.41) is 8.79. The number of aromatic carboxylic acids is 1. The third-order valence-electron chi connectivity index (χ3n) is 2.91. The first kappa shape index (κ1) is 13.0. The van der Waals surface area contributed by atoms with Gasteiger partial charge in [0.15, 0.2) is 11.5 Å². The Balaban J connectivity index is 2.33. The van der Waals surface area contributed by atoms with E-state index in [2.05, 4.69) is 16.0 Å². The number of anilines is 2. The van der Waals surface area contributed by atoms with Crippen molar-refractivity contribution in [3.8, 4) is 0 Å². The Morgan fingerprint density at radius 2 is 1.95 bits per heavy atom. The lowest BCUT2D eigenvalue weighted by molar-refractivity contribution is 0.0690. The molecule has 19 heavy (non-hydrogen) atoms. The van der Waals surface area contributed by atoms with E-state index in [4.69, 9.17) is 5.11 Å². The molecule has 0 fully saturated rings. The molecule has 0 saturated heterocycles. The summed E-state index contributed by atoms with van der Waals surface area (Å²) in [5.41, 5.74) is 3.29. The van der Waals surface area contributed by atoms with E-state index in [-0.39, 0.29) is 5.69 Å². The molecule has 0 spiro atoms. The van der Waals surface area contributed by atoms with E-state index in [9.17, 15) is 4.79 Å². The molecule has 98 valence electrons. The normalized spacial score (nSPS) is 10.3. The smallest absolute Gasteiger partial charge is 0.356 e. The van der Waals surface area contributed by atoms with Gasteiger partial charge >= 0.3 is 5.97 Å². The zero-order valence-electron chi connectivity index (χ0n) is 11.1. The first-order valence-corrected chi connectivity index (χ1v) is 5.85. The molecule has 0 aliphatic rings. The zero-order chi connectivity index (χ0) is 14.0. The summed E-state index contributed by atoms with van der Waals surface area (Å²) < 4.78 is 0. The van der Waals surface area contributed by atoms with Gasteiger partial charge in [-0.15, -0.1) is 0 Å². The van der Waals surface area contributed by atoms with Crippen molar-refractivity contribution in [2.45, 2.75) is 13.8 Å². The van der Waals surface area contributed by atoms with Crippen molar-refractivity contribution in [3.05, 3.63) is 47.4 Å². The molecule has 0 aliphatic carbocycles. The maximum Gasteiger partial charge on any atom is 0.356 e. The number of nitrogens with zero attached hydrogens (tertiary/aromatic N) is 3. The van der Waals surface area contributed by atoms with Crippen LogP contribution in [0.4, 0.5) is 11.5 Å². The maximum atomic E-state index is 10.7. The molecule has 0 bridgehead atoms. The lowest BCUT2D eigenvalue weighted by atomic mass is 10.1. The van der Waals surface area contributed by atoms with Crippen LogP contribution in [0.2, 0.25) is 0 Å². The van der Waals surface area contributed by atoms with E-state index >= 15 is 0 Å². The van der Waals surface area contributed by atoms with Crippen molar-refractivity contribution in [2.24, 2.45) is 0 Å². The van der Waals surface area contributed by atoms with E-state index < -0.39 is 5.97 Å². The highest BCUT2D eigenvalue weighted by atomic mass is 16.4. The number of aryl methyl sites for hydroxylation is 2. The number of hydrogen-bond donors (Lipinski definition) is 1. The number of carbonyl (C=O) groups is 1. The van der Waals surface area contributed by atoms with Crippen LogP contribution in [0.15, 0.2) is 30.6 Å². The van der Waals surface area contributed by atoms with Gasteiger partial charge in [0.05, 0.1) is 12.4 Å². The van der Waals surface area contributed by atoms with Crippen LogP contribution in [-0.4, -0.2) is 28.1 Å². The number of carboxylic acids is 1. The van der Waals surface area contributed by atoms with Crippen LogP contribution < -0.4 is 4.90 Å². The number of rotatable bonds is 3. The monoisotopic (exact) mass is 257 g/mol. The summed E-state index contributed by atoms with van der Waals surface area (Å²) in [4.78, 5) is 20.6. The van der Waals surface area contributed by atoms with Gasteiger partial charge in [-0.1, -0.05) is 17.7 Å². The van der Waals surface area contributed by atoms with Gasteiger partial charge in [-0.25, -0.2) is 14.8 Å². The highest BCUT2D eigenvalue weighted by Crippen LogP contribution is 2.25. The molecule has 1 N–H and O–H groups in total. The minimum Gasteiger partial charge on any atom is -0.476 e. The molecule has 0 saturated carbocycles. The van der Waals surface area contributed by atoms with Crippen molar-refractivity contribution >= 4 is 17.5 Å². The van der Waals surface area contributed by atoms with Gasteiger partial charge in [-0.2, -0.15) is 0 Å². The summed E-state index contributed by atoms with van der Waals surface area (Å²) in [6, 6.07) is 6.13. The standard InChI is InChI=1S/C14H15N3O2/c1-9-4-5-12(10(2)6-9)17(3)13-8-15-11(7-16-13)14(18)19/h4-8H,1-3H3,(H,18,19). The van der Waals surface area contributed by atoms with Crippen LogP contribution in [0.3, 0.4) is 0 Å². The number of hydrogen-bond acceptors (Lipinski definition) is 4. The highest BCUT2D eigenvalue weighted by Gasteiger charge is 2.10. The van der Waals surface area contributed by atoms with Gasteiger partial charge in [0, 0.05) is 12.7 Å². The topological polar surface area (TPSA) is 66.3 Å². The largest absolute Gasteiger partial charge is 0.476 e. The van der Waals surface area contributed by atoms with Gasteiger partial charge in [0.1, 0.15) is 0 Å². The minimum atomic E-state index is -1.08. The first-order chi connectivity index (χ1) is 8.99. The van der Waals surface area contributed by atoms with Crippen molar-refractivity contribution in [3.63, 3.8) is 0 Å². The quantitative estimate of drug-likeness (QED) is 0.915. The molecule has 2 rings (SSSR count). The Hall–Kier alpha value is -2.43. The van der Waals surface area contributed by atoms with Crippen LogP contribution in [0.5, 0.6) is 0 Å². The second-order valence-corrected chi connectivity index (χ2v) is 4.41. The van der Waals surface area contributed by atoms with E-state index in [1.54, 1.807) is 0 Å². The molecule has 1 heterocycles. The molecule has 0 aliphatic heterocycles. The molecule has 5 heteroatoms. The molecule has 2 aromatic rings. The maximum absolute atomic E-state index is 10.7. The Kier molecular flexibility index (Phi) is 3.46. The van der Waals surface area contributed by atoms with E-state index in [0.717, 1.165) is 11.3 Å². The van der Waals surface area contributed by atoms with Gasteiger partial charge < -0.3 is 10.0 Å². The summed E-state index contributed by atoms with van der Waals surface area (Å²) in [5.74, 6) is -0.467. The summed E-state index contributed by atoms with van der Waals surface area (Å²) >= 11 is 0. The number of benzene rings is 1. The molecule has 0 atom stereocenters. The molecular formula is C14H15N3O2. The minimum absolute atomic E-state index is 0.0576. The van der Waals surface area contributed by atoms with Gasteiger partial charge in [-0.05, 0) is 25.5 Å². The predicted octanol–water partition coefficient (Wildman–Crippen LogP) is 2.56. The van der Waals surface area contributed by atoms with Gasteiger partial charge in [-0.3, -0.25) is 0 Å².